The van der Waals surface area contributed by atoms with Gasteiger partial charge >= 0.3 is 6.03 Å². The number of anilines is 3. The maximum Gasteiger partial charge on any atom is 0.323 e. The number of nitrogens with two attached hydrogens (primary N) is 1. The Morgan fingerprint density at radius 1 is 1.03 bits per heavy atom. The molecule has 2 amide bonds. The van der Waals surface area contributed by atoms with Crippen LogP contribution in [0.15, 0.2) is 79.3 Å². The Morgan fingerprint density at radius 2 is 1.76 bits per heavy atom. The van der Waals surface area contributed by atoms with Gasteiger partial charge in [-0.1, -0.05) is 37.3 Å². The van der Waals surface area contributed by atoms with Gasteiger partial charge in [0, 0.05) is 28.8 Å². The highest BCUT2D eigenvalue weighted by Crippen LogP contribution is 2.30. The van der Waals surface area contributed by atoms with Crippen molar-refractivity contribution in [3.8, 4) is 0 Å². The minimum atomic E-state index is -0.393. The summed E-state index contributed by atoms with van der Waals surface area (Å²) < 4.78 is 1.82. The van der Waals surface area contributed by atoms with Crippen LogP contribution in [-0.4, -0.2) is 26.3 Å². The van der Waals surface area contributed by atoms with Crippen molar-refractivity contribution < 1.29 is 9.59 Å². The van der Waals surface area contributed by atoms with E-state index in [1.54, 1.807) is 30.5 Å². The van der Waals surface area contributed by atoms with E-state index < -0.39 is 6.03 Å². The first-order chi connectivity index (χ1) is 16.5. The number of carbonyl (C=O) groups is 2. The third kappa shape index (κ3) is 3.93. The molecule has 4 N–H and O–H groups in total. The topological polar surface area (TPSA) is 115 Å². The molecule has 0 aliphatic heterocycles. The molecule has 34 heavy (non-hydrogen) atoms. The number of aromatic nitrogens is 3. The van der Waals surface area contributed by atoms with Crippen molar-refractivity contribution in [2.45, 2.75) is 13.3 Å². The summed E-state index contributed by atoms with van der Waals surface area (Å²) in [6.45, 7) is 2.05. The van der Waals surface area contributed by atoms with Gasteiger partial charge in [-0.3, -0.25) is 4.79 Å². The summed E-state index contributed by atoms with van der Waals surface area (Å²) in [4.78, 5) is 34.4. The van der Waals surface area contributed by atoms with Gasteiger partial charge in [-0.15, -0.1) is 0 Å². The van der Waals surface area contributed by atoms with E-state index in [4.69, 9.17) is 5.73 Å². The van der Waals surface area contributed by atoms with Crippen LogP contribution >= 0.6 is 0 Å². The number of hydrogen-bond acceptors (Lipinski definition) is 5. The molecular weight excluding hydrogens is 428 g/mol. The molecule has 0 saturated heterocycles. The van der Waals surface area contributed by atoms with Crippen molar-refractivity contribution in [1.82, 2.24) is 14.5 Å². The second-order valence-corrected chi connectivity index (χ2v) is 7.86. The lowest BCUT2D eigenvalue weighted by atomic mass is 10.0. The van der Waals surface area contributed by atoms with Crippen molar-refractivity contribution in [3.63, 3.8) is 0 Å². The summed E-state index contributed by atoms with van der Waals surface area (Å²) in [5.74, 6) is -0.00664. The third-order valence-electron chi connectivity index (χ3n) is 5.64. The van der Waals surface area contributed by atoms with E-state index in [2.05, 4.69) is 27.5 Å². The number of ketones is 1. The van der Waals surface area contributed by atoms with Crippen LogP contribution < -0.4 is 16.4 Å². The smallest absolute Gasteiger partial charge is 0.323 e. The van der Waals surface area contributed by atoms with Gasteiger partial charge in [-0.2, -0.15) is 0 Å². The van der Waals surface area contributed by atoms with Crippen LogP contribution in [0.1, 0.15) is 28.4 Å². The Balaban J connectivity index is 1.41. The molecule has 1 aliphatic carbocycles. The first-order valence-electron chi connectivity index (χ1n) is 10.9. The SMILES string of the molecule is CCc1cccc(NC(=O)Nc2cccc(C(=O)c3cn(C4=CC=C4)c4ncnc(N)c34)c2)c1. The van der Waals surface area contributed by atoms with Gasteiger partial charge in [-0.25, -0.2) is 14.8 Å². The lowest BCUT2D eigenvalue weighted by Crippen LogP contribution is -2.19. The Kier molecular flexibility index (Phi) is 5.39. The fourth-order valence-electron chi connectivity index (χ4n) is 3.85. The molecule has 2 heterocycles. The minimum Gasteiger partial charge on any atom is -0.383 e. The van der Waals surface area contributed by atoms with Crippen molar-refractivity contribution in [1.29, 1.82) is 0 Å². The number of aryl methyl sites for hydroxylation is 1. The first kappa shape index (κ1) is 21.1. The van der Waals surface area contributed by atoms with Crippen LogP contribution in [-0.2, 0) is 6.42 Å². The van der Waals surface area contributed by atoms with E-state index in [0.29, 0.717) is 33.5 Å². The van der Waals surface area contributed by atoms with Crippen molar-refractivity contribution >= 4 is 45.7 Å². The van der Waals surface area contributed by atoms with E-state index in [0.717, 1.165) is 17.7 Å². The quantitative estimate of drug-likeness (QED) is 0.363. The van der Waals surface area contributed by atoms with Gasteiger partial charge in [0.25, 0.3) is 0 Å². The number of hydrogen-bond donors (Lipinski definition) is 3. The van der Waals surface area contributed by atoms with Crippen molar-refractivity contribution in [3.05, 3.63) is 96.0 Å². The Morgan fingerprint density at radius 3 is 2.47 bits per heavy atom. The van der Waals surface area contributed by atoms with E-state index in [-0.39, 0.29) is 11.6 Å². The molecule has 5 rings (SSSR count). The number of carbonyl (C=O) groups excluding carboxylic acids is 2. The second-order valence-electron chi connectivity index (χ2n) is 7.86. The zero-order valence-corrected chi connectivity index (χ0v) is 18.4. The number of allylic oxidation sites excluding steroid dienone is 4. The molecule has 0 spiro atoms. The number of benzene rings is 2. The molecule has 1 aliphatic rings. The van der Waals surface area contributed by atoms with Gasteiger partial charge in [0.15, 0.2) is 11.4 Å². The van der Waals surface area contributed by atoms with Gasteiger partial charge in [0.05, 0.1) is 10.9 Å². The van der Waals surface area contributed by atoms with Crippen molar-refractivity contribution in [2.24, 2.45) is 0 Å². The zero-order valence-electron chi connectivity index (χ0n) is 18.4. The number of nitrogens with one attached hydrogen (secondary N) is 2. The number of nitrogens with zero attached hydrogens (tertiary/aromatic N) is 3. The minimum absolute atomic E-state index is 0.235. The summed E-state index contributed by atoms with van der Waals surface area (Å²) in [5, 5.41) is 6.11. The van der Waals surface area contributed by atoms with Crippen molar-refractivity contribution in [2.75, 3.05) is 16.4 Å². The summed E-state index contributed by atoms with van der Waals surface area (Å²) in [6.07, 6.45) is 9.73. The van der Waals surface area contributed by atoms with Gasteiger partial charge in [0.1, 0.15) is 12.1 Å². The van der Waals surface area contributed by atoms with E-state index in [1.165, 1.54) is 6.33 Å². The lowest BCUT2D eigenvalue weighted by molar-refractivity contribution is 0.104. The van der Waals surface area contributed by atoms with Gasteiger partial charge in [0.2, 0.25) is 0 Å². The standard InChI is InChI=1S/C26H22N6O2/c1-2-16-6-3-8-18(12-16)30-26(34)31-19-9-4-7-17(13-19)23(33)21-14-32(20-10-5-11-20)25-22(21)24(27)28-15-29-25/h3-15H,2H2,1H3,(H2,27,28,29)(H2,30,31,34). The van der Waals surface area contributed by atoms with Crippen LogP contribution in [0.5, 0.6) is 0 Å². The van der Waals surface area contributed by atoms with Crippen LogP contribution in [0.2, 0.25) is 0 Å². The van der Waals surface area contributed by atoms with E-state index >= 15 is 0 Å². The zero-order chi connectivity index (χ0) is 23.7. The number of urea groups is 1. The predicted molar refractivity (Wildman–Crippen MR) is 134 cm³/mol. The highest BCUT2D eigenvalue weighted by Gasteiger charge is 2.22. The summed E-state index contributed by atoms with van der Waals surface area (Å²) in [5.41, 5.74) is 10.7. The molecule has 2 aromatic heterocycles. The molecule has 8 heteroatoms. The predicted octanol–water partition coefficient (Wildman–Crippen LogP) is 4.86. The molecule has 168 valence electrons. The number of fused-ring (bicyclic) bond motifs is 1. The summed E-state index contributed by atoms with van der Waals surface area (Å²) in [7, 11) is 0. The van der Waals surface area contributed by atoms with Crippen LogP contribution in [0.4, 0.5) is 22.0 Å². The van der Waals surface area contributed by atoms with Crippen LogP contribution in [0.3, 0.4) is 0 Å². The highest BCUT2D eigenvalue weighted by molar-refractivity contribution is 6.19. The first-order valence-corrected chi connectivity index (χ1v) is 10.9. The summed E-state index contributed by atoms with van der Waals surface area (Å²) >= 11 is 0. The Bertz CT molecular complexity index is 1500. The third-order valence-corrected chi connectivity index (χ3v) is 5.64. The average Bonchev–Trinajstić information content (AvgIpc) is 3.18. The van der Waals surface area contributed by atoms with E-state index in [9.17, 15) is 9.59 Å². The lowest BCUT2D eigenvalue weighted by Gasteiger charge is -2.10. The molecule has 2 aromatic carbocycles. The molecule has 4 aromatic rings. The molecule has 8 nitrogen and oxygen atoms in total. The number of amides is 2. The van der Waals surface area contributed by atoms with Crippen LogP contribution in [0.25, 0.3) is 16.7 Å². The molecule has 0 fully saturated rings. The van der Waals surface area contributed by atoms with E-state index in [1.807, 2.05) is 47.1 Å². The average molecular weight is 451 g/mol. The van der Waals surface area contributed by atoms with Gasteiger partial charge < -0.3 is 20.9 Å². The molecule has 0 unspecified atom stereocenters. The highest BCUT2D eigenvalue weighted by atomic mass is 16.2. The maximum atomic E-state index is 13.5. The largest absolute Gasteiger partial charge is 0.383 e. The fraction of sp³-hybridized carbons (Fsp3) is 0.0769. The molecule has 0 atom stereocenters. The molecule has 0 saturated carbocycles. The summed E-state index contributed by atoms with van der Waals surface area (Å²) in [6, 6.07) is 14.0. The Hall–Kier alpha value is -4.72. The molecular formula is C26H22N6O2. The van der Waals surface area contributed by atoms with Crippen LogP contribution in [0, 0.1) is 0 Å². The molecule has 0 radical (unpaired) electrons. The second kappa shape index (κ2) is 8.67. The normalized spacial score (nSPS) is 12.2. The van der Waals surface area contributed by atoms with Gasteiger partial charge in [-0.05, 0) is 48.4 Å². The fourth-order valence-corrected chi connectivity index (χ4v) is 3.85. The number of rotatable bonds is 6. The Labute approximate surface area is 195 Å². The maximum absolute atomic E-state index is 13.5. The molecule has 0 bridgehead atoms. The number of nitrogen functional groups attached to an aromatic ring is 1. The monoisotopic (exact) mass is 450 g/mol.